The van der Waals surface area contributed by atoms with Crippen LogP contribution in [0.2, 0.25) is 0 Å². The summed E-state index contributed by atoms with van der Waals surface area (Å²) in [6.07, 6.45) is 2.19. The lowest BCUT2D eigenvalue weighted by Crippen LogP contribution is -2.25. The van der Waals surface area contributed by atoms with Crippen molar-refractivity contribution in [3.63, 3.8) is 0 Å². The van der Waals surface area contributed by atoms with Crippen LogP contribution in [0, 0.1) is 0 Å². The summed E-state index contributed by atoms with van der Waals surface area (Å²) >= 11 is 0. The van der Waals surface area contributed by atoms with Crippen LogP contribution in [0.25, 0.3) is 10.8 Å². The lowest BCUT2D eigenvalue weighted by atomic mass is 9.94. The summed E-state index contributed by atoms with van der Waals surface area (Å²) < 4.78 is 5.35. The SMILES string of the molecule is COc1ccc2ccc3c(c2c1)C(CNC(C)=O)CC3. The molecule has 1 aliphatic carbocycles. The van der Waals surface area contributed by atoms with E-state index in [1.54, 1.807) is 14.0 Å². The molecule has 3 nitrogen and oxygen atoms in total. The van der Waals surface area contributed by atoms with Gasteiger partial charge in [-0.25, -0.2) is 0 Å². The smallest absolute Gasteiger partial charge is 0.216 e. The molecule has 2 aromatic rings. The van der Waals surface area contributed by atoms with Gasteiger partial charge in [0.25, 0.3) is 0 Å². The van der Waals surface area contributed by atoms with Gasteiger partial charge in [-0.15, -0.1) is 0 Å². The third-order valence-corrected chi connectivity index (χ3v) is 4.13. The molecule has 1 N–H and O–H groups in total. The quantitative estimate of drug-likeness (QED) is 0.930. The topological polar surface area (TPSA) is 38.3 Å². The Bertz CT molecular complexity index is 663. The molecule has 3 rings (SSSR count). The highest BCUT2D eigenvalue weighted by Crippen LogP contribution is 2.39. The van der Waals surface area contributed by atoms with Crippen LogP contribution in [0.1, 0.15) is 30.4 Å². The molecular formula is C17H19NO2. The Hall–Kier alpha value is -2.03. The summed E-state index contributed by atoms with van der Waals surface area (Å²) in [6, 6.07) is 10.6. The van der Waals surface area contributed by atoms with Crippen molar-refractivity contribution in [3.8, 4) is 5.75 Å². The largest absolute Gasteiger partial charge is 0.497 e. The number of carbonyl (C=O) groups is 1. The summed E-state index contributed by atoms with van der Waals surface area (Å²) in [4.78, 5) is 11.1. The zero-order valence-corrected chi connectivity index (χ0v) is 11.9. The average Bonchev–Trinajstić information content (AvgIpc) is 2.88. The molecule has 3 heteroatoms. The van der Waals surface area contributed by atoms with Crippen LogP contribution in [0.4, 0.5) is 0 Å². The molecule has 1 amide bonds. The van der Waals surface area contributed by atoms with Crippen molar-refractivity contribution >= 4 is 16.7 Å². The maximum atomic E-state index is 11.1. The van der Waals surface area contributed by atoms with Gasteiger partial charge in [0.05, 0.1) is 7.11 Å². The van der Waals surface area contributed by atoms with E-state index in [-0.39, 0.29) is 5.91 Å². The van der Waals surface area contributed by atoms with Crippen molar-refractivity contribution in [1.82, 2.24) is 5.32 Å². The van der Waals surface area contributed by atoms with Gasteiger partial charge in [0.2, 0.25) is 5.91 Å². The fourth-order valence-electron chi connectivity index (χ4n) is 3.14. The highest BCUT2D eigenvalue weighted by molar-refractivity contribution is 5.89. The monoisotopic (exact) mass is 269 g/mol. The molecule has 1 aliphatic rings. The van der Waals surface area contributed by atoms with Crippen LogP contribution in [0.3, 0.4) is 0 Å². The van der Waals surface area contributed by atoms with Crippen LogP contribution >= 0.6 is 0 Å². The third-order valence-electron chi connectivity index (χ3n) is 4.13. The highest BCUT2D eigenvalue weighted by atomic mass is 16.5. The molecule has 0 saturated carbocycles. The van der Waals surface area contributed by atoms with Crippen molar-refractivity contribution in [2.75, 3.05) is 13.7 Å². The molecule has 0 fully saturated rings. The minimum Gasteiger partial charge on any atom is -0.497 e. The first-order valence-corrected chi connectivity index (χ1v) is 7.03. The van der Waals surface area contributed by atoms with Gasteiger partial charge in [-0.3, -0.25) is 4.79 Å². The van der Waals surface area contributed by atoms with Crippen molar-refractivity contribution in [2.24, 2.45) is 0 Å². The molecule has 0 radical (unpaired) electrons. The molecule has 20 heavy (non-hydrogen) atoms. The molecule has 0 saturated heterocycles. The van der Waals surface area contributed by atoms with E-state index >= 15 is 0 Å². The number of methoxy groups -OCH3 is 1. The molecule has 0 spiro atoms. The van der Waals surface area contributed by atoms with Gasteiger partial charge in [0.15, 0.2) is 0 Å². The summed E-state index contributed by atoms with van der Waals surface area (Å²) in [5.41, 5.74) is 2.79. The predicted molar refractivity (Wildman–Crippen MR) is 80.2 cm³/mol. The van der Waals surface area contributed by atoms with E-state index in [2.05, 4.69) is 29.6 Å². The fraction of sp³-hybridized carbons (Fsp3) is 0.353. The number of benzene rings is 2. The molecule has 1 atom stereocenters. The highest BCUT2D eigenvalue weighted by Gasteiger charge is 2.24. The predicted octanol–water partition coefficient (Wildman–Crippen LogP) is 3.01. The Morgan fingerprint density at radius 2 is 2.15 bits per heavy atom. The van der Waals surface area contributed by atoms with Crippen LogP contribution in [-0.4, -0.2) is 19.6 Å². The van der Waals surface area contributed by atoms with Crippen molar-refractivity contribution < 1.29 is 9.53 Å². The molecule has 104 valence electrons. The number of carbonyl (C=O) groups excluding carboxylic acids is 1. The Labute approximate surface area is 118 Å². The lowest BCUT2D eigenvalue weighted by Gasteiger charge is -2.15. The number of fused-ring (bicyclic) bond motifs is 3. The minimum absolute atomic E-state index is 0.0382. The van der Waals surface area contributed by atoms with Crippen molar-refractivity contribution in [3.05, 3.63) is 41.5 Å². The molecule has 1 unspecified atom stereocenters. The standard InChI is InChI=1S/C17H19NO2/c1-11(19)18-10-14-6-5-13-4-3-12-7-8-15(20-2)9-16(12)17(13)14/h3-4,7-9,14H,5-6,10H2,1-2H3,(H,18,19). The molecular weight excluding hydrogens is 250 g/mol. The average molecular weight is 269 g/mol. The van der Waals surface area contributed by atoms with E-state index < -0.39 is 0 Å². The maximum absolute atomic E-state index is 11.1. The fourth-order valence-corrected chi connectivity index (χ4v) is 3.14. The van der Waals surface area contributed by atoms with E-state index in [0.29, 0.717) is 5.92 Å². The van der Waals surface area contributed by atoms with Crippen LogP contribution in [0.5, 0.6) is 5.75 Å². The third kappa shape index (κ3) is 2.24. The lowest BCUT2D eigenvalue weighted by molar-refractivity contribution is -0.119. The van der Waals surface area contributed by atoms with Gasteiger partial charge in [0.1, 0.15) is 5.75 Å². The maximum Gasteiger partial charge on any atom is 0.216 e. The number of rotatable bonds is 3. The van der Waals surface area contributed by atoms with Crippen LogP contribution in [0.15, 0.2) is 30.3 Å². The first-order valence-electron chi connectivity index (χ1n) is 7.03. The van der Waals surface area contributed by atoms with E-state index in [1.165, 1.54) is 21.9 Å². The van der Waals surface area contributed by atoms with Crippen LogP contribution < -0.4 is 10.1 Å². The number of hydrogen-bond donors (Lipinski definition) is 1. The number of nitrogens with one attached hydrogen (secondary N) is 1. The van der Waals surface area contributed by atoms with Gasteiger partial charge in [-0.2, -0.15) is 0 Å². The second-order valence-corrected chi connectivity index (χ2v) is 5.40. The van der Waals surface area contributed by atoms with Crippen molar-refractivity contribution in [1.29, 1.82) is 0 Å². The summed E-state index contributed by atoms with van der Waals surface area (Å²) in [6.45, 7) is 2.29. The number of amides is 1. The van der Waals surface area contributed by atoms with Gasteiger partial charge >= 0.3 is 0 Å². The van der Waals surface area contributed by atoms with Gasteiger partial charge in [-0.05, 0) is 46.9 Å². The molecule has 0 aromatic heterocycles. The molecule has 0 heterocycles. The molecule has 2 aromatic carbocycles. The first-order chi connectivity index (χ1) is 9.69. The Balaban J connectivity index is 2.06. The van der Waals surface area contributed by atoms with Crippen LogP contribution in [-0.2, 0) is 11.2 Å². The van der Waals surface area contributed by atoms with Crippen molar-refractivity contribution in [2.45, 2.75) is 25.7 Å². The summed E-state index contributed by atoms with van der Waals surface area (Å²) in [5.74, 6) is 1.33. The summed E-state index contributed by atoms with van der Waals surface area (Å²) in [5, 5.41) is 5.45. The second kappa shape index (κ2) is 5.16. The first kappa shape index (κ1) is 13.0. The summed E-state index contributed by atoms with van der Waals surface area (Å²) in [7, 11) is 1.69. The normalized spacial score (nSPS) is 17.0. The zero-order chi connectivity index (χ0) is 14.1. The second-order valence-electron chi connectivity index (χ2n) is 5.40. The van der Waals surface area contributed by atoms with E-state index in [1.807, 2.05) is 6.07 Å². The van der Waals surface area contributed by atoms with Gasteiger partial charge < -0.3 is 10.1 Å². The van der Waals surface area contributed by atoms with E-state index in [0.717, 1.165) is 25.1 Å². The van der Waals surface area contributed by atoms with E-state index in [9.17, 15) is 4.79 Å². The zero-order valence-electron chi connectivity index (χ0n) is 11.9. The Kier molecular flexibility index (Phi) is 3.35. The number of hydrogen-bond acceptors (Lipinski definition) is 2. The Morgan fingerprint density at radius 1 is 1.35 bits per heavy atom. The van der Waals surface area contributed by atoms with Gasteiger partial charge in [-0.1, -0.05) is 18.2 Å². The van der Waals surface area contributed by atoms with Gasteiger partial charge in [0, 0.05) is 19.4 Å². The Morgan fingerprint density at radius 3 is 2.90 bits per heavy atom. The van der Waals surface area contributed by atoms with E-state index in [4.69, 9.17) is 4.74 Å². The number of ether oxygens (including phenoxy) is 1. The number of aryl methyl sites for hydroxylation is 1. The molecule has 0 bridgehead atoms. The minimum atomic E-state index is 0.0382. The molecule has 0 aliphatic heterocycles.